The Morgan fingerprint density at radius 2 is 1.68 bits per heavy atom. The van der Waals surface area contributed by atoms with Gasteiger partial charge in [-0.05, 0) is 37.1 Å². The minimum absolute atomic E-state index is 0.0396. The summed E-state index contributed by atoms with van der Waals surface area (Å²) >= 11 is 0. The van der Waals surface area contributed by atoms with Crippen LogP contribution in [0.3, 0.4) is 0 Å². The Kier molecular flexibility index (Phi) is 8.31. The van der Waals surface area contributed by atoms with Crippen LogP contribution < -0.4 is 10.1 Å². The average molecular weight is 513 g/mol. The van der Waals surface area contributed by atoms with Gasteiger partial charge >= 0.3 is 17.9 Å². The number of aliphatic hydroxyl groups is 2. The fourth-order valence-electron chi connectivity index (χ4n) is 3.94. The Labute approximate surface area is 213 Å². The number of ether oxygens (including phenoxy) is 3. The zero-order valence-electron chi connectivity index (χ0n) is 20.8. The van der Waals surface area contributed by atoms with Crippen molar-refractivity contribution in [1.82, 2.24) is 5.32 Å². The molecule has 3 rings (SSSR count). The Hall–Kier alpha value is -4.22. The number of benzene rings is 2. The zero-order chi connectivity index (χ0) is 27.3. The summed E-state index contributed by atoms with van der Waals surface area (Å²) in [6.07, 6.45) is -0.0396. The Bertz CT molecular complexity index is 1260. The topological polar surface area (TPSA) is 157 Å². The molecule has 0 saturated heterocycles. The van der Waals surface area contributed by atoms with Gasteiger partial charge in [0.15, 0.2) is 0 Å². The van der Waals surface area contributed by atoms with Crippen LogP contribution in [0.1, 0.15) is 44.2 Å². The van der Waals surface area contributed by atoms with E-state index in [-0.39, 0.29) is 35.6 Å². The van der Waals surface area contributed by atoms with Gasteiger partial charge in [-0.2, -0.15) is 0 Å². The van der Waals surface area contributed by atoms with E-state index in [0.717, 1.165) is 0 Å². The fraction of sp³-hybridized carbons (Fsp3) is 0.308. The monoisotopic (exact) mass is 512 g/mol. The van der Waals surface area contributed by atoms with E-state index >= 15 is 0 Å². The molecule has 2 aromatic rings. The van der Waals surface area contributed by atoms with Crippen molar-refractivity contribution in [1.29, 1.82) is 0 Å². The summed E-state index contributed by atoms with van der Waals surface area (Å²) in [4.78, 5) is 36.9. The van der Waals surface area contributed by atoms with E-state index in [1.807, 2.05) is 0 Å². The first-order chi connectivity index (χ1) is 17.5. The summed E-state index contributed by atoms with van der Waals surface area (Å²) in [7, 11) is 1.21. The van der Waals surface area contributed by atoms with Crippen LogP contribution in [0.5, 0.6) is 5.75 Å². The fourth-order valence-corrected chi connectivity index (χ4v) is 3.94. The molecule has 37 heavy (non-hydrogen) atoms. The van der Waals surface area contributed by atoms with E-state index < -0.39 is 28.8 Å². The van der Waals surface area contributed by atoms with Gasteiger partial charge in [-0.15, -0.1) is 0 Å². The van der Waals surface area contributed by atoms with Crippen molar-refractivity contribution in [2.45, 2.75) is 45.7 Å². The lowest BCUT2D eigenvalue weighted by molar-refractivity contribution is -0.384. The zero-order valence-corrected chi connectivity index (χ0v) is 20.8. The smallest absolute Gasteiger partial charge is 0.337 e. The molecule has 1 heterocycles. The van der Waals surface area contributed by atoms with Crippen LogP contribution in [0.4, 0.5) is 5.69 Å². The minimum atomic E-state index is -2.30. The van der Waals surface area contributed by atoms with Crippen LogP contribution in [0.25, 0.3) is 0 Å². The number of carbonyl (C=O) groups is 2. The van der Waals surface area contributed by atoms with Crippen molar-refractivity contribution in [2.24, 2.45) is 0 Å². The molecular formula is C26H28N2O9. The Balaban J connectivity index is 1.90. The number of allylic oxidation sites excluding steroid dienone is 2. The summed E-state index contributed by atoms with van der Waals surface area (Å²) in [5.74, 6) is -4.47. The number of dihydropyridines is 1. The molecule has 2 aromatic carbocycles. The summed E-state index contributed by atoms with van der Waals surface area (Å²) in [6, 6.07) is 11.9. The molecule has 0 fully saturated rings. The standard InChI is InChI=1S/C26H28N2O9/c1-5-26(31,32)37-20-11-9-17(10-12-20)14-36-25(30)22-16(3)27-15(2)21(24(29)35-4)23(22)18-7-6-8-19(13-18)28(33)34/h6-13,23,27,31-32H,5,14H2,1-4H3. The maximum atomic E-state index is 13.3. The number of hydrogen-bond acceptors (Lipinski definition) is 10. The SMILES string of the molecule is CCC(O)(O)Oc1ccc(COC(=O)C2=C(C)NC(C)=C(C(=O)OC)C2c2cccc([N+](=O)[O-])c2)cc1. The highest BCUT2D eigenvalue weighted by Gasteiger charge is 2.38. The highest BCUT2D eigenvalue weighted by Crippen LogP contribution is 2.40. The van der Waals surface area contributed by atoms with Crippen LogP contribution in [-0.4, -0.2) is 40.2 Å². The van der Waals surface area contributed by atoms with Crippen molar-refractivity contribution < 1.29 is 38.9 Å². The number of methoxy groups -OCH3 is 1. The molecule has 0 aliphatic carbocycles. The average Bonchev–Trinajstić information content (AvgIpc) is 2.87. The molecule has 0 amide bonds. The summed E-state index contributed by atoms with van der Waals surface area (Å²) in [5, 5.41) is 33.7. The van der Waals surface area contributed by atoms with E-state index in [4.69, 9.17) is 14.2 Å². The molecule has 3 N–H and O–H groups in total. The van der Waals surface area contributed by atoms with E-state index in [9.17, 15) is 29.9 Å². The molecule has 0 bridgehead atoms. The number of nitro benzene ring substituents is 1. The summed E-state index contributed by atoms with van der Waals surface area (Å²) in [6.45, 7) is 4.71. The lowest BCUT2D eigenvalue weighted by Crippen LogP contribution is -2.34. The van der Waals surface area contributed by atoms with Crippen LogP contribution >= 0.6 is 0 Å². The number of esters is 2. The van der Waals surface area contributed by atoms with Crippen LogP contribution in [0, 0.1) is 10.1 Å². The molecule has 0 spiro atoms. The Morgan fingerprint density at radius 1 is 1.05 bits per heavy atom. The van der Waals surface area contributed by atoms with Crippen molar-refractivity contribution in [3.05, 3.63) is 92.3 Å². The molecule has 1 unspecified atom stereocenters. The van der Waals surface area contributed by atoms with E-state index in [0.29, 0.717) is 22.5 Å². The molecular weight excluding hydrogens is 484 g/mol. The van der Waals surface area contributed by atoms with Gasteiger partial charge < -0.3 is 29.7 Å². The normalized spacial score (nSPS) is 15.7. The van der Waals surface area contributed by atoms with Gasteiger partial charge in [0.05, 0.1) is 29.1 Å². The van der Waals surface area contributed by atoms with Gasteiger partial charge in [0.25, 0.3) is 5.69 Å². The number of nitro groups is 1. The van der Waals surface area contributed by atoms with Gasteiger partial charge in [0.2, 0.25) is 0 Å². The molecule has 196 valence electrons. The lowest BCUT2D eigenvalue weighted by atomic mass is 9.80. The van der Waals surface area contributed by atoms with E-state index in [1.165, 1.54) is 37.4 Å². The molecule has 0 radical (unpaired) electrons. The first-order valence-electron chi connectivity index (χ1n) is 11.4. The number of non-ortho nitro benzene ring substituents is 1. The van der Waals surface area contributed by atoms with Gasteiger partial charge in [-0.3, -0.25) is 10.1 Å². The molecule has 1 atom stereocenters. The van der Waals surface area contributed by atoms with Crippen molar-refractivity contribution in [2.75, 3.05) is 7.11 Å². The van der Waals surface area contributed by atoms with Crippen molar-refractivity contribution >= 4 is 17.6 Å². The largest absolute Gasteiger partial charge is 0.466 e. The molecule has 0 saturated carbocycles. The highest BCUT2D eigenvalue weighted by atomic mass is 16.8. The third-order valence-electron chi connectivity index (χ3n) is 5.84. The molecule has 0 aromatic heterocycles. The number of hydrogen-bond donors (Lipinski definition) is 3. The van der Waals surface area contributed by atoms with Gasteiger partial charge in [0.1, 0.15) is 12.4 Å². The van der Waals surface area contributed by atoms with E-state index in [1.54, 1.807) is 39.0 Å². The maximum Gasteiger partial charge on any atom is 0.337 e. The quantitative estimate of drug-likeness (QED) is 0.197. The second-order valence-corrected chi connectivity index (χ2v) is 8.40. The van der Waals surface area contributed by atoms with Crippen molar-refractivity contribution in [3.63, 3.8) is 0 Å². The molecule has 11 nitrogen and oxygen atoms in total. The maximum absolute atomic E-state index is 13.3. The minimum Gasteiger partial charge on any atom is -0.466 e. The summed E-state index contributed by atoms with van der Waals surface area (Å²) < 4.78 is 15.6. The predicted octanol–water partition coefficient (Wildman–Crippen LogP) is 3.17. The van der Waals surface area contributed by atoms with Gasteiger partial charge in [0, 0.05) is 29.9 Å². The molecule has 1 aliphatic rings. The lowest BCUT2D eigenvalue weighted by Gasteiger charge is -2.30. The van der Waals surface area contributed by atoms with Crippen LogP contribution in [0.2, 0.25) is 0 Å². The second-order valence-electron chi connectivity index (χ2n) is 8.40. The van der Waals surface area contributed by atoms with Crippen LogP contribution in [-0.2, 0) is 25.7 Å². The number of carbonyl (C=O) groups excluding carboxylic acids is 2. The highest BCUT2D eigenvalue weighted by molar-refractivity contribution is 5.99. The van der Waals surface area contributed by atoms with E-state index in [2.05, 4.69) is 5.32 Å². The number of rotatable bonds is 9. The third-order valence-corrected chi connectivity index (χ3v) is 5.84. The number of nitrogens with zero attached hydrogens (tertiary/aromatic N) is 1. The van der Waals surface area contributed by atoms with Gasteiger partial charge in [-0.1, -0.05) is 31.2 Å². The first kappa shape index (κ1) is 27.4. The van der Waals surface area contributed by atoms with Gasteiger partial charge in [-0.25, -0.2) is 9.59 Å². The first-order valence-corrected chi connectivity index (χ1v) is 11.4. The third kappa shape index (κ3) is 6.32. The number of nitrogens with one attached hydrogen (secondary N) is 1. The van der Waals surface area contributed by atoms with Crippen molar-refractivity contribution in [3.8, 4) is 5.75 Å². The van der Waals surface area contributed by atoms with Crippen LogP contribution in [0.15, 0.2) is 71.1 Å². The second kappa shape index (κ2) is 11.2. The summed E-state index contributed by atoms with van der Waals surface area (Å²) in [5.41, 5.74) is 1.88. The Morgan fingerprint density at radius 3 is 2.24 bits per heavy atom. The molecule has 11 heteroatoms. The predicted molar refractivity (Wildman–Crippen MR) is 131 cm³/mol. The molecule has 1 aliphatic heterocycles.